The van der Waals surface area contributed by atoms with Gasteiger partial charge in [0.25, 0.3) is 0 Å². The second-order valence-corrected chi connectivity index (χ2v) is 5.76. The molecule has 1 aromatic carbocycles. The minimum absolute atomic E-state index is 0.889. The van der Waals surface area contributed by atoms with Gasteiger partial charge in [-0.25, -0.2) is 0 Å². The third-order valence-electron chi connectivity index (χ3n) is 4.16. The van der Waals surface area contributed by atoms with Gasteiger partial charge in [0, 0.05) is 30.7 Å². The average Bonchev–Trinajstić information content (AvgIpc) is 2.98. The molecule has 21 heavy (non-hydrogen) atoms. The number of aryl methyl sites for hydroxylation is 2. The van der Waals surface area contributed by atoms with Crippen LogP contribution in [0, 0.1) is 6.92 Å². The highest BCUT2D eigenvalue weighted by Gasteiger charge is 2.10. The zero-order valence-electron chi connectivity index (χ0n) is 12.8. The van der Waals surface area contributed by atoms with Crippen molar-refractivity contribution in [3.63, 3.8) is 0 Å². The van der Waals surface area contributed by atoms with Crippen molar-refractivity contribution < 1.29 is 4.74 Å². The van der Waals surface area contributed by atoms with E-state index in [1.807, 2.05) is 0 Å². The van der Waals surface area contributed by atoms with Gasteiger partial charge in [-0.15, -0.1) is 0 Å². The van der Waals surface area contributed by atoms with Crippen LogP contribution in [0.2, 0.25) is 0 Å². The second kappa shape index (κ2) is 6.92. The number of rotatable bonds is 5. The molecule has 3 rings (SSSR count). The maximum atomic E-state index is 5.39. The molecule has 0 atom stereocenters. The summed E-state index contributed by atoms with van der Waals surface area (Å²) in [5.74, 6) is 0. The van der Waals surface area contributed by atoms with Crippen molar-refractivity contribution in [2.24, 2.45) is 0 Å². The molecule has 1 aliphatic rings. The maximum absolute atomic E-state index is 5.39. The van der Waals surface area contributed by atoms with Crippen LogP contribution in [-0.4, -0.2) is 42.3 Å². The van der Waals surface area contributed by atoms with Crippen LogP contribution in [0.1, 0.15) is 17.7 Å². The van der Waals surface area contributed by atoms with Crippen LogP contribution in [0.3, 0.4) is 0 Å². The van der Waals surface area contributed by atoms with E-state index in [-0.39, 0.29) is 0 Å². The summed E-state index contributed by atoms with van der Waals surface area (Å²) in [5.41, 5.74) is 3.96. The first-order valence-corrected chi connectivity index (χ1v) is 7.86. The van der Waals surface area contributed by atoms with Crippen molar-refractivity contribution in [1.82, 2.24) is 9.47 Å². The largest absolute Gasteiger partial charge is 0.379 e. The standard InChI is InChI=1S/C18H24N2O/c1-16-6-8-18(9-7-16)20-11-3-5-17(20)4-2-10-19-12-14-21-15-13-19/h3,5-9,11H,2,4,10,12-15H2,1H3. The van der Waals surface area contributed by atoms with E-state index < -0.39 is 0 Å². The van der Waals surface area contributed by atoms with E-state index in [0.717, 1.165) is 32.7 Å². The van der Waals surface area contributed by atoms with Gasteiger partial charge in [0.2, 0.25) is 0 Å². The Balaban J connectivity index is 1.59. The van der Waals surface area contributed by atoms with Crippen LogP contribution in [0.4, 0.5) is 0 Å². The Morgan fingerprint density at radius 2 is 1.81 bits per heavy atom. The lowest BCUT2D eigenvalue weighted by atomic mass is 10.2. The quantitative estimate of drug-likeness (QED) is 0.839. The fourth-order valence-corrected chi connectivity index (χ4v) is 2.89. The molecule has 0 saturated carbocycles. The van der Waals surface area contributed by atoms with Gasteiger partial charge >= 0.3 is 0 Å². The van der Waals surface area contributed by atoms with Gasteiger partial charge in [-0.05, 0) is 50.6 Å². The average molecular weight is 284 g/mol. The number of hydrogen-bond donors (Lipinski definition) is 0. The molecule has 0 aliphatic carbocycles. The SMILES string of the molecule is Cc1ccc(-n2cccc2CCCN2CCOCC2)cc1. The van der Waals surface area contributed by atoms with Crippen molar-refractivity contribution >= 4 is 0 Å². The highest BCUT2D eigenvalue weighted by Crippen LogP contribution is 2.15. The third kappa shape index (κ3) is 3.74. The molecule has 1 fully saturated rings. The zero-order valence-corrected chi connectivity index (χ0v) is 12.8. The Bertz CT molecular complexity index is 553. The van der Waals surface area contributed by atoms with E-state index in [1.165, 1.54) is 29.9 Å². The molecule has 0 unspecified atom stereocenters. The highest BCUT2D eigenvalue weighted by molar-refractivity contribution is 5.37. The number of morpholine rings is 1. The molecule has 1 saturated heterocycles. The van der Waals surface area contributed by atoms with Crippen molar-refractivity contribution in [3.8, 4) is 5.69 Å². The molecule has 0 spiro atoms. The fourth-order valence-electron chi connectivity index (χ4n) is 2.89. The van der Waals surface area contributed by atoms with Gasteiger partial charge in [0.1, 0.15) is 0 Å². The summed E-state index contributed by atoms with van der Waals surface area (Å²) in [6.07, 6.45) is 4.49. The Morgan fingerprint density at radius 3 is 2.57 bits per heavy atom. The number of ether oxygens (including phenoxy) is 1. The van der Waals surface area contributed by atoms with E-state index in [2.05, 4.69) is 59.0 Å². The molecule has 2 heterocycles. The summed E-state index contributed by atoms with van der Waals surface area (Å²) < 4.78 is 7.70. The number of aromatic nitrogens is 1. The van der Waals surface area contributed by atoms with Gasteiger partial charge in [0.15, 0.2) is 0 Å². The molecule has 112 valence electrons. The molecular formula is C18H24N2O. The summed E-state index contributed by atoms with van der Waals surface area (Å²) in [6.45, 7) is 7.24. The molecule has 0 amide bonds. The van der Waals surface area contributed by atoms with Gasteiger partial charge in [-0.3, -0.25) is 4.90 Å². The third-order valence-corrected chi connectivity index (χ3v) is 4.16. The number of benzene rings is 1. The molecule has 3 nitrogen and oxygen atoms in total. The summed E-state index contributed by atoms with van der Waals surface area (Å²) in [6, 6.07) is 13.1. The van der Waals surface area contributed by atoms with Gasteiger partial charge in [-0.1, -0.05) is 17.7 Å². The van der Waals surface area contributed by atoms with Crippen molar-refractivity contribution in [2.75, 3.05) is 32.8 Å². The van der Waals surface area contributed by atoms with E-state index in [9.17, 15) is 0 Å². The Morgan fingerprint density at radius 1 is 1.05 bits per heavy atom. The lowest BCUT2D eigenvalue weighted by molar-refractivity contribution is 0.0374. The van der Waals surface area contributed by atoms with Crippen LogP contribution in [-0.2, 0) is 11.2 Å². The molecular weight excluding hydrogens is 260 g/mol. The van der Waals surface area contributed by atoms with E-state index in [0.29, 0.717) is 0 Å². The molecule has 0 radical (unpaired) electrons. The molecule has 2 aromatic rings. The highest BCUT2D eigenvalue weighted by atomic mass is 16.5. The normalized spacial score (nSPS) is 16.2. The van der Waals surface area contributed by atoms with Crippen LogP contribution >= 0.6 is 0 Å². The Kier molecular flexibility index (Phi) is 4.73. The zero-order chi connectivity index (χ0) is 14.5. The molecule has 1 aromatic heterocycles. The van der Waals surface area contributed by atoms with Gasteiger partial charge in [-0.2, -0.15) is 0 Å². The molecule has 0 bridgehead atoms. The monoisotopic (exact) mass is 284 g/mol. The van der Waals surface area contributed by atoms with Crippen LogP contribution < -0.4 is 0 Å². The van der Waals surface area contributed by atoms with Crippen LogP contribution in [0.5, 0.6) is 0 Å². The first kappa shape index (κ1) is 14.4. The summed E-state index contributed by atoms with van der Waals surface area (Å²) in [7, 11) is 0. The minimum Gasteiger partial charge on any atom is -0.379 e. The second-order valence-electron chi connectivity index (χ2n) is 5.76. The van der Waals surface area contributed by atoms with E-state index in [1.54, 1.807) is 0 Å². The summed E-state index contributed by atoms with van der Waals surface area (Å²) in [5, 5.41) is 0. The predicted molar refractivity (Wildman–Crippen MR) is 86.1 cm³/mol. The van der Waals surface area contributed by atoms with Crippen molar-refractivity contribution in [3.05, 3.63) is 53.9 Å². The van der Waals surface area contributed by atoms with E-state index in [4.69, 9.17) is 4.74 Å². The van der Waals surface area contributed by atoms with Crippen molar-refractivity contribution in [2.45, 2.75) is 19.8 Å². The maximum Gasteiger partial charge on any atom is 0.0594 e. The first-order chi connectivity index (χ1) is 10.3. The predicted octanol–water partition coefficient (Wildman–Crippen LogP) is 3.05. The minimum atomic E-state index is 0.889. The lowest BCUT2D eigenvalue weighted by Crippen LogP contribution is -2.37. The van der Waals surface area contributed by atoms with Crippen LogP contribution in [0.25, 0.3) is 5.69 Å². The smallest absolute Gasteiger partial charge is 0.0594 e. The van der Waals surface area contributed by atoms with Crippen LogP contribution in [0.15, 0.2) is 42.6 Å². The number of nitrogens with zero attached hydrogens (tertiary/aromatic N) is 2. The van der Waals surface area contributed by atoms with Gasteiger partial charge < -0.3 is 9.30 Å². The lowest BCUT2D eigenvalue weighted by Gasteiger charge is -2.26. The summed E-state index contributed by atoms with van der Waals surface area (Å²) >= 11 is 0. The number of hydrogen-bond acceptors (Lipinski definition) is 2. The molecule has 3 heteroatoms. The topological polar surface area (TPSA) is 17.4 Å². The fraction of sp³-hybridized carbons (Fsp3) is 0.444. The molecule has 1 aliphatic heterocycles. The van der Waals surface area contributed by atoms with Crippen molar-refractivity contribution in [1.29, 1.82) is 0 Å². The van der Waals surface area contributed by atoms with Gasteiger partial charge in [0.05, 0.1) is 13.2 Å². The molecule has 0 N–H and O–H groups in total. The Hall–Kier alpha value is -1.58. The van der Waals surface area contributed by atoms with E-state index >= 15 is 0 Å². The first-order valence-electron chi connectivity index (χ1n) is 7.86. The summed E-state index contributed by atoms with van der Waals surface area (Å²) in [4.78, 5) is 2.50. The Labute approximate surface area is 127 Å².